The van der Waals surface area contributed by atoms with Gasteiger partial charge >= 0.3 is 18.4 Å². The first-order valence-corrected chi connectivity index (χ1v) is 14.7. The van der Waals surface area contributed by atoms with Crippen LogP contribution in [0.2, 0.25) is 0 Å². The van der Waals surface area contributed by atoms with Crippen LogP contribution in [0.1, 0.15) is 80.4 Å². The molecular weight excluding hydrogens is 632 g/mol. The van der Waals surface area contributed by atoms with Gasteiger partial charge < -0.3 is 14.8 Å². The minimum absolute atomic E-state index is 0.163. The summed E-state index contributed by atoms with van der Waals surface area (Å²) in [5, 5.41) is 4.29. The van der Waals surface area contributed by atoms with Crippen molar-refractivity contribution in [3.63, 3.8) is 0 Å². The number of carbonyl (C=O) groups is 3. The van der Waals surface area contributed by atoms with Gasteiger partial charge in [0, 0.05) is 29.4 Å². The maximum Gasteiger partial charge on any atom is 0.422 e. The maximum atomic E-state index is 13.9. The third kappa shape index (κ3) is 10.2. The van der Waals surface area contributed by atoms with Crippen molar-refractivity contribution in [3.05, 3.63) is 71.5 Å². The normalized spacial score (nSPS) is 14.1. The third-order valence-corrected chi connectivity index (χ3v) is 7.12. The Balaban J connectivity index is 1.58. The van der Waals surface area contributed by atoms with E-state index in [0.717, 1.165) is 36.9 Å². The summed E-state index contributed by atoms with van der Waals surface area (Å²) in [4.78, 5) is 43.0. The molecule has 4 rings (SSSR count). The number of hydrogen-bond donors (Lipinski definition) is 2. The number of pyridine rings is 1. The van der Waals surface area contributed by atoms with Gasteiger partial charge in [-0.3, -0.25) is 19.9 Å². The van der Waals surface area contributed by atoms with E-state index in [-0.39, 0.29) is 5.56 Å². The van der Waals surface area contributed by atoms with Crippen molar-refractivity contribution in [3.8, 4) is 16.9 Å². The van der Waals surface area contributed by atoms with Crippen LogP contribution in [-0.2, 0) is 15.7 Å². The highest BCUT2D eigenvalue weighted by atomic mass is 19.4. The summed E-state index contributed by atoms with van der Waals surface area (Å²) in [7, 11) is 0. The second-order valence-electron chi connectivity index (χ2n) is 12.1. The summed E-state index contributed by atoms with van der Waals surface area (Å²) in [5.41, 5.74) is -1.26. The number of anilines is 2. The molecule has 252 valence electrons. The first kappa shape index (κ1) is 35.2. The van der Waals surface area contributed by atoms with Gasteiger partial charge in [0.2, 0.25) is 5.91 Å². The fourth-order valence-electron chi connectivity index (χ4n) is 5.09. The van der Waals surface area contributed by atoms with E-state index in [1.165, 1.54) is 26.8 Å². The van der Waals surface area contributed by atoms with Crippen molar-refractivity contribution < 1.29 is 50.2 Å². The first-order valence-electron chi connectivity index (χ1n) is 14.7. The van der Waals surface area contributed by atoms with E-state index in [2.05, 4.69) is 20.4 Å². The molecule has 0 bridgehead atoms. The molecule has 2 amide bonds. The Labute approximate surface area is 266 Å². The van der Waals surface area contributed by atoms with Crippen LogP contribution in [0, 0.1) is 0 Å². The van der Waals surface area contributed by atoms with Crippen LogP contribution in [-0.4, -0.2) is 41.2 Å². The van der Waals surface area contributed by atoms with E-state index in [0.29, 0.717) is 23.6 Å². The second-order valence-corrected chi connectivity index (χ2v) is 12.1. The highest BCUT2D eigenvalue weighted by molar-refractivity contribution is 6.12. The molecule has 1 aliphatic carbocycles. The zero-order valence-electron chi connectivity index (χ0n) is 25.8. The van der Waals surface area contributed by atoms with Gasteiger partial charge in [0.05, 0.1) is 23.4 Å². The number of alkyl halides is 6. The van der Waals surface area contributed by atoms with Gasteiger partial charge in [-0.15, -0.1) is 0 Å². The molecule has 47 heavy (non-hydrogen) atoms. The van der Waals surface area contributed by atoms with Crippen LogP contribution in [0.4, 0.5) is 42.5 Å². The Kier molecular flexibility index (Phi) is 10.5. The highest BCUT2D eigenvalue weighted by Crippen LogP contribution is 2.42. The largest absolute Gasteiger partial charge is 0.483 e. The summed E-state index contributed by atoms with van der Waals surface area (Å²) < 4.78 is 89.5. The fraction of sp³-hybridized carbons (Fsp3) is 0.394. The number of halogens is 6. The van der Waals surface area contributed by atoms with Crippen LogP contribution in [0.5, 0.6) is 5.75 Å². The predicted molar refractivity (Wildman–Crippen MR) is 161 cm³/mol. The van der Waals surface area contributed by atoms with Gasteiger partial charge in [-0.1, -0.05) is 31.0 Å². The number of rotatable bonds is 9. The molecule has 14 heteroatoms. The molecule has 0 saturated heterocycles. The van der Waals surface area contributed by atoms with E-state index < -0.39 is 71.5 Å². The number of amides is 2. The van der Waals surface area contributed by atoms with Gasteiger partial charge in [-0.05, 0) is 69.0 Å². The zero-order valence-corrected chi connectivity index (χ0v) is 25.8. The molecule has 0 aliphatic heterocycles. The number of nitrogens with zero attached hydrogens (tertiary/aromatic N) is 1. The minimum Gasteiger partial charge on any atom is -0.483 e. The molecule has 2 N–H and O–H groups in total. The average Bonchev–Trinajstić information content (AvgIpc) is 3.50. The molecule has 2 aromatic carbocycles. The van der Waals surface area contributed by atoms with E-state index in [1.807, 2.05) is 6.07 Å². The van der Waals surface area contributed by atoms with Gasteiger partial charge in [-0.2, -0.15) is 26.3 Å². The van der Waals surface area contributed by atoms with Crippen molar-refractivity contribution in [2.24, 2.45) is 0 Å². The molecule has 3 aromatic rings. The lowest BCUT2D eigenvalue weighted by Gasteiger charge is -2.22. The first-order chi connectivity index (χ1) is 21.9. The lowest BCUT2D eigenvalue weighted by atomic mass is 9.97. The molecule has 8 nitrogen and oxygen atoms in total. The Bertz CT molecular complexity index is 1630. The summed E-state index contributed by atoms with van der Waals surface area (Å²) >= 11 is 0. The van der Waals surface area contributed by atoms with E-state index in [1.54, 1.807) is 30.5 Å². The van der Waals surface area contributed by atoms with E-state index >= 15 is 0 Å². The maximum absolute atomic E-state index is 13.9. The van der Waals surface area contributed by atoms with Crippen molar-refractivity contribution >= 4 is 29.2 Å². The Hall–Kier alpha value is -4.62. The van der Waals surface area contributed by atoms with Gasteiger partial charge in [0.25, 0.3) is 0 Å². The number of aromatic nitrogens is 1. The third-order valence-electron chi connectivity index (χ3n) is 7.12. The number of ketones is 1. The van der Waals surface area contributed by atoms with Crippen molar-refractivity contribution in [2.45, 2.75) is 76.7 Å². The molecule has 1 saturated carbocycles. The van der Waals surface area contributed by atoms with Crippen molar-refractivity contribution in [1.29, 1.82) is 0 Å². The van der Waals surface area contributed by atoms with E-state index in [9.17, 15) is 40.7 Å². The summed E-state index contributed by atoms with van der Waals surface area (Å²) in [5.74, 6) is -2.59. The minimum atomic E-state index is -5.22. The van der Waals surface area contributed by atoms with E-state index in [4.69, 9.17) is 4.74 Å². The molecule has 1 aromatic heterocycles. The Morgan fingerprint density at radius 3 is 2.17 bits per heavy atom. The molecule has 0 radical (unpaired) electrons. The highest BCUT2D eigenvalue weighted by Gasteiger charge is 2.38. The molecule has 0 spiro atoms. The van der Waals surface area contributed by atoms with Crippen LogP contribution >= 0.6 is 0 Å². The van der Waals surface area contributed by atoms with Crippen LogP contribution in [0.15, 0.2) is 54.7 Å². The summed E-state index contributed by atoms with van der Waals surface area (Å²) in [6, 6.07) is 11.1. The fourth-order valence-corrected chi connectivity index (χ4v) is 5.09. The van der Waals surface area contributed by atoms with Crippen molar-refractivity contribution in [1.82, 2.24) is 4.98 Å². The number of benzene rings is 2. The standard InChI is InChI=1S/C33H33F6N3O5/c1-31(2,3)47-30(45)42-26-16-28(46-18-32(34,35)36)23(33(37,38)39)15-25(26)41-29(44)17-27(43)22-10-6-9-20(13-22)21-11-12-40-24(14-21)19-7-4-5-8-19/h6,9-16,19H,4-5,7-8,17-18H2,1-3H3,(H,41,44)(H,42,45). The Morgan fingerprint density at radius 2 is 1.53 bits per heavy atom. The molecule has 1 heterocycles. The zero-order chi connectivity index (χ0) is 34.6. The molecular formula is C33H33F6N3O5. The number of carbonyl (C=O) groups excluding carboxylic acids is 3. The molecule has 0 unspecified atom stereocenters. The number of Topliss-reactive ketones (excluding diaryl/α,β-unsaturated/α-hetero) is 1. The number of ether oxygens (including phenoxy) is 2. The van der Waals surface area contributed by atoms with Gasteiger partial charge in [0.1, 0.15) is 11.4 Å². The summed E-state index contributed by atoms with van der Waals surface area (Å²) in [6.45, 7) is 2.46. The Morgan fingerprint density at radius 1 is 0.872 bits per heavy atom. The lowest BCUT2D eigenvalue weighted by Crippen LogP contribution is -2.28. The SMILES string of the molecule is CC(C)(C)OC(=O)Nc1cc(OCC(F)(F)F)c(C(F)(F)F)cc1NC(=O)CC(=O)c1cccc(-c2ccnc(C3CCCC3)c2)c1. The average molecular weight is 666 g/mol. The molecule has 1 aliphatic rings. The second kappa shape index (κ2) is 14.0. The van der Waals surface area contributed by atoms with Gasteiger partial charge in [0.15, 0.2) is 12.4 Å². The number of hydrogen-bond acceptors (Lipinski definition) is 6. The molecule has 1 fully saturated rings. The smallest absolute Gasteiger partial charge is 0.422 e. The molecule has 0 atom stereocenters. The predicted octanol–water partition coefficient (Wildman–Crippen LogP) is 8.92. The lowest BCUT2D eigenvalue weighted by molar-refractivity contribution is -0.158. The number of nitrogens with one attached hydrogen (secondary N) is 2. The van der Waals surface area contributed by atoms with Crippen molar-refractivity contribution in [2.75, 3.05) is 17.2 Å². The van der Waals surface area contributed by atoms with Crippen LogP contribution in [0.3, 0.4) is 0 Å². The summed E-state index contributed by atoms with van der Waals surface area (Å²) in [6.07, 6.45) is -6.10. The van der Waals surface area contributed by atoms with Crippen LogP contribution < -0.4 is 15.4 Å². The topological polar surface area (TPSA) is 107 Å². The van der Waals surface area contributed by atoms with Crippen LogP contribution in [0.25, 0.3) is 11.1 Å². The van der Waals surface area contributed by atoms with Gasteiger partial charge in [-0.25, -0.2) is 4.79 Å². The monoisotopic (exact) mass is 665 g/mol. The quantitative estimate of drug-likeness (QED) is 0.134.